The standard InChI is InChI=1S/C16H25N5O2/c1-3-19-4-6-20(7-5-19)15-12-14(17-13(2)18-15)16(22)21-8-10-23-11-9-21/h12H,3-11H2,1-2H3. The van der Waals surface area contributed by atoms with Crippen LogP contribution in [0.3, 0.4) is 0 Å². The van der Waals surface area contributed by atoms with Crippen molar-refractivity contribution in [2.24, 2.45) is 0 Å². The SMILES string of the molecule is CCN1CCN(c2cc(C(=O)N3CCOCC3)nc(C)n2)CC1. The van der Waals surface area contributed by atoms with Crippen molar-refractivity contribution in [3.05, 3.63) is 17.6 Å². The van der Waals surface area contributed by atoms with Gasteiger partial charge in [0, 0.05) is 45.3 Å². The number of hydrogen-bond acceptors (Lipinski definition) is 6. The topological polar surface area (TPSA) is 61.8 Å². The van der Waals surface area contributed by atoms with Crippen LogP contribution in [0.25, 0.3) is 0 Å². The lowest BCUT2D eigenvalue weighted by Gasteiger charge is -2.35. The van der Waals surface area contributed by atoms with Gasteiger partial charge in [-0.25, -0.2) is 9.97 Å². The molecule has 3 rings (SSSR count). The maximum Gasteiger partial charge on any atom is 0.272 e. The van der Waals surface area contributed by atoms with E-state index in [9.17, 15) is 4.79 Å². The maximum absolute atomic E-state index is 12.6. The Bertz CT molecular complexity index is 551. The van der Waals surface area contributed by atoms with Crippen LogP contribution in [0.1, 0.15) is 23.2 Å². The van der Waals surface area contributed by atoms with Gasteiger partial charge in [-0.2, -0.15) is 0 Å². The summed E-state index contributed by atoms with van der Waals surface area (Å²) in [5.41, 5.74) is 0.493. The second-order valence-electron chi connectivity index (χ2n) is 5.98. The molecule has 7 nitrogen and oxygen atoms in total. The molecule has 126 valence electrons. The highest BCUT2D eigenvalue weighted by Gasteiger charge is 2.23. The fraction of sp³-hybridized carbons (Fsp3) is 0.688. The third kappa shape index (κ3) is 3.79. The molecule has 2 aliphatic heterocycles. The van der Waals surface area contributed by atoms with E-state index in [1.54, 1.807) is 0 Å². The number of nitrogens with zero attached hydrogens (tertiary/aromatic N) is 5. The molecule has 0 bridgehead atoms. The molecule has 23 heavy (non-hydrogen) atoms. The van der Waals surface area contributed by atoms with Crippen molar-refractivity contribution >= 4 is 11.7 Å². The van der Waals surface area contributed by atoms with E-state index in [1.165, 1.54) is 0 Å². The zero-order valence-corrected chi connectivity index (χ0v) is 14.0. The Labute approximate surface area is 137 Å². The summed E-state index contributed by atoms with van der Waals surface area (Å²) in [6.07, 6.45) is 0. The lowest BCUT2D eigenvalue weighted by Crippen LogP contribution is -2.46. The molecule has 0 radical (unpaired) electrons. The number of aryl methyl sites for hydroxylation is 1. The van der Waals surface area contributed by atoms with Crippen molar-refractivity contribution in [3.63, 3.8) is 0 Å². The number of rotatable bonds is 3. The van der Waals surface area contributed by atoms with Gasteiger partial charge in [0.05, 0.1) is 13.2 Å². The molecular formula is C16H25N5O2. The minimum absolute atomic E-state index is 0.0211. The van der Waals surface area contributed by atoms with Crippen LogP contribution in [0.4, 0.5) is 5.82 Å². The summed E-state index contributed by atoms with van der Waals surface area (Å²) in [5, 5.41) is 0. The lowest BCUT2D eigenvalue weighted by atomic mass is 10.2. The van der Waals surface area contributed by atoms with Crippen molar-refractivity contribution in [2.75, 3.05) is 63.9 Å². The number of aromatic nitrogens is 2. The highest BCUT2D eigenvalue weighted by atomic mass is 16.5. The van der Waals surface area contributed by atoms with Gasteiger partial charge in [0.15, 0.2) is 0 Å². The Kier molecular flexibility index (Phi) is 5.07. The molecule has 0 aromatic carbocycles. The molecule has 3 heterocycles. The highest BCUT2D eigenvalue weighted by Crippen LogP contribution is 2.16. The summed E-state index contributed by atoms with van der Waals surface area (Å²) >= 11 is 0. The molecule has 2 aliphatic rings. The van der Waals surface area contributed by atoms with Crippen molar-refractivity contribution in [1.29, 1.82) is 0 Å². The van der Waals surface area contributed by atoms with Gasteiger partial charge in [-0.1, -0.05) is 6.92 Å². The minimum Gasteiger partial charge on any atom is -0.378 e. The lowest BCUT2D eigenvalue weighted by molar-refractivity contribution is 0.0299. The second-order valence-corrected chi connectivity index (χ2v) is 5.98. The third-order valence-electron chi connectivity index (χ3n) is 4.49. The Morgan fingerprint density at radius 1 is 1.13 bits per heavy atom. The molecule has 1 aromatic heterocycles. The van der Waals surface area contributed by atoms with Crippen LogP contribution in [-0.4, -0.2) is 84.7 Å². The third-order valence-corrected chi connectivity index (χ3v) is 4.49. The van der Waals surface area contributed by atoms with Crippen LogP contribution in [0.5, 0.6) is 0 Å². The number of hydrogen-bond donors (Lipinski definition) is 0. The Morgan fingerprint density at radius 3 is 2.48 bits per heavy atom. The minimum atomic E-state index is -0.0211. The Balaban J connectivity index is 1.75. The van der Waals surface area contributed by atoms with Gasteiger partial charge in [0.25, 0.3) is 5.91 Å². The van der Waals surface area contributed by atoms with Crippen LogP contribution < -0.4 is 4.90 Å². The molecule has 0 saturated carbocycles. The number of likely N-dealkylation sites (N-methyl/N-ethyl adjacent to an activating group) is 1. The largest absolute Gasteiger partial charge is 0.378 e. The fourth-order valence-corrected chi connectivity index (χ4v) is 3.05. The van der Waals surface area contributed by atoms with E-state index in [-0.39, 0.29) is 5.91 Å². The molecule has 0 N–H and O–H groups in total. The molecule has 7 heteroatoms. The van der Waals surface area contributed by atoms with E-state index >= 15 is 0 Å². The van der Waals surface area contributed by atoms with E-state index in [0.717, 1.165) is 38.5 Å². The predicted molar refractivity (Wildman–Crippen MR) is 87.8 cm³/mol. The van der Waals surface area contributed by atoms with E-state index < -0.39 is 0 Å². The highest BCUT2D eigenvalue weighted by molar-refractivity contribution is 5.93. The van der Waals surface area contributed by atoms with Gasteiger partial charge in [0.2, 0.25) is 0 Å². The molecule has 1 amide bonds. The number of piperazine rings is 1. The smallest absolute Gasteiger partial charge is 0.272 e. The number of morpholine rings is 1. The number of anilines is 1. The first-order valence-electron chi connectivity index (χ1n) is 8.37. The van der Waals surface area contributed by atoms with Gasteiger partial charge in [0.1, 0.15) is 17.3 Å². The maximum atomic E-state index is 12.6. The normalized spacial score (nSPS) is 19.9. The molecular weight excluding hydrogens is 294 g/mol. The zero-order chi connectivity index (χ0) is 16.2. The molecule has 0 spiro atoms. The number of ether oxygens (including phenoxy) is 1. The quantitative estimate of drug-likeness (QED) is 0.804. The van der Waals surface area contributed by atoms with E-state index in [2.05, 4.69) is 26.7 Å². The molecule has 0 unspecified atom stereocenters. The first-order chi connectivity index (χ1) is 11.2. The average molecular weight is 319 g/mol. The average Bonchev–Trinajstić information content (AvgIpc) is 2.61. The monoisotopic (exact) mass is 319 g/mol. The first-order valence-corrected chi connectivity index (χ1v) is 8.37. The van der Waals surface area contributed by atoms with Crippen molar-refractivity contribution < 1.29 is 9.53 Å². The Hall–Kier alpha value is -1.73. The molecule has 0 aliphatic carbocycles. The second kappa shape index (κ2) is 7.23. The molecule has 1 aromatic rings. The van der Waals surface area contributed by atoms with Crippen LogP contribution in [0, 0.1) is 6.92 Å². The van der Waals surface area contributed by atoms with Gasteiger partial charge in [-0.3, -0.25) is 4.79 Å². The van der Waals surface area contributed by atoms with E-state index in [4.69, 9.17) is 4.74 Å². The molecule has 2 saturated heterocycles. The van der Waals surface area contributed by atoms with Crippen LogP contribution in [0.2, 0.25) is 0 Å². The van der Waals surface area contributed by atoms with E-state index in [1.807, 2.05) is 17.9 Å². The van der Waals surface area contributed by atoms with Gasteiger partial charge >= 0.3 is 0 Å². The predicted octanol–water partition coefficient (Wildman–Crippen LogP) is 0.399. The summed E-state index contributed by atoms with van der Waals surface area (Å²) in [6, 6.07) is 1.84. The van der Waals surface area contributed by atoms with Crippen molar-refractivity contribution in [1.82, 2.24) is 19.8 Å². The van der Waals surface area contributed by atoms with Crippen LogP contribution in [-0.2, 0) is 4.74 Å². The summed E-state index contributed by atoms with van der Waals surface area (Å²) in [4.78, 5) is 28.0. The summed E-state index contributed by atoms with van der Waals surface area (Å²) < 4.78 is 5.31. The summed E-state index contributed by atoms with van der Waals surface area (Å²) in [6.45, 7) is 11.5. The van der Waals surface area contributed by atoms with Gasteiger partial charge in [-0.15, -0.1) is 0 Å². The first kappa shape index (κ1) is 16.1. The molecule has 0 atom stereocenters. The number of carbonyl (C=O) groups is 1. The van der Waals surface area contributed by atoms with Gasteiger partial charge < -0.3 is 19.4 Å². The molecule has 2 fully saturated rings. The zero-order valence-electron chi connectivity index (χ0n) is 14.0. The van der Waals surface area contributed by atoms with E-state index in [0.29, 0.717) is 37.8 Å². The van der Waals surface area contributed by atoms with Crippen LogP contribution in [0.15, 0.2) is 6.07 Å². The van der Waals surface area contributed by atoms with Crippen molar-refractivity contribution in [2.45, 2.75) is 13.8 Å². The fourth-order valence-electron chi connectivity index (χ4n) is 3.05. The summed E-state index contributed by atoms with van der Waals surface area (Å²) in [7, 11) is 0. The van der Waals surface area contributed by atoms with Crippen molar-refractivity contribution in [3.8, 4) is 0 Å². The Morgan fingerprint density at radius 2 is 1.83 bits per heavy atom. The number of carbonyl (C=O) groups excluding carboxylic acids is 1. The number of amides is 1. The summed E-state index contributed by atoms with van der Waals surface area (Å²) in [5.74, 6) is 1.49. The van der Waals surface area contributed by atoms with Crippen LogP contribution >= 0.6 is 0 Å². The van der Waals surface area contributed by atoms with Gasteiger partial charge in [-0.05, 0) is 13.5 Å².